The van der Waals surface area contributed by atoms with E-state index in [4.69, 9.17) is 4.74 Å². The third kappa shape index (κ3) is 11.4. The van der Waals surface area contributed by atoms with Crippen LogP contribution in [0.5, 0.6) is 0 Å². The summed E-state index contributed by atoms with van der Waals surface area (Å²) in [5.41, 5.74) is -0.470. The van der Waals surface area contributed by atoms with Crippen molar-refractivity contribution in [3.8, 4) is 0 Å². The fourth-order valence-electron chi connectivity index (χ4n) is 3.85. The number of carbonyl (C=O) groups excluding carboxylic acids is 2. The van der Waals surface area contributed by atoms with Gasteiger partial charge in [0.25, 0.3) is 5.92 Å². The maximum atomic E-state index is 14.1. The van der Waals surface area contributed by atoms with Gasteiger partial charge in [-0.15, -0.1) is 0 Å². The molecule has 0 aromatic rings. The van der Waals surface area contributed by atoms with Crippen LogP contribution < -0.4 is 0 Å². The molecule has 1 aliphatic heterocycles. The first-order chi connectivity index (χ1) is 15.0. The summed E-state index contributed by atoms with van der Waals surface area (Å²) in [5, 5.41) is 9.96. The van der Waals surface area contributed by atoms with Crippen molar-refractivity contribution in [3.63, 3.8) is 0 Å². The van der Waals surface area contributed by atoms with E-state index in [1.807, 2.05) is 27.7 Å². The first kappa shape index (κ1) is 28.5. The van der Waals surface area contributed by atoms with Gasteiger partial charge in [-0.25, -0.2) is 8.78 Å². The molecular weight excluding hydrogens is 416 g/mol. The Labute approximate surface area is 192 Å². The van der Waals surface area contributed by atoms with Gasteiger partial charge in [-0.05, 0) is 46.5 Å². The molecule has 186 valence electrons. The highest BCUT2D eigenvalue weighted by atomic mass is 19.3. The number of unbranched alkanes of at least 4 members (excludes halogenated alkanes) is 6. The molecule has 0 spiro atoms. The number of aliphatic hydroxyl groups is 1. The first-order valence-electron chi connectivity index (χ1n) is 12.2. The van der Waals surface area contributed by atoms with E-state index in [0.717, 1.165) is 51.0 Å². The van der Waals surface area contributed by atoms with Gasteiger partial charge in [-0.2, -0.15) is 0 Å². The van der Waals surface area contributed by atoms with Crippen LogP contribution in [0.1, 0.15) is 105 Å². The zero-order valence-corrected chi connectivity index (χ0v) is 20.4. The Kier molecular flexibility index (Phi) is 12.4. The average molecular weight is 460 g/mol. The molecule has 0 bridgehead atoms. The van der Waals surface area contributed by atoms with Crippen LogP contribution in [-0.2, 0) is 14.3 Å². The predicted octanol–water partition coefficient (Wildman–Crippen LogP) is 5.79. The van der Waals surface area contributed by atoms with Gasteiger partial charge in [0.2, 0.25) is 5.91 Å². The lowest BCUT2D eigenvalue weighted by molar-refractivity contribution is -0.154. The van der Waals surface area contributed by atoms with Gasteiger partial charge >= 0.3 is 5.97 Å². The first-order valence-corrected chi connectivity index (χ1v) is 12.2. The molecule has 0 aromatic carbocycles. The summed E-state index contributed by atoms with van der Waals surface area (Å²) in [6.45, 7) is 8.11. The van der Waals surface area contributed by atoms with Crippen LogP contribution in [0.4, 0.5) is 8.78 Å². The topological polar surface area (TPSA) is 66.8 Å². The van der Waals surface area contributed by atoms with Crippen LogP contribution in [0.25, 0.3) is 0 Å². The smallest absolute Gasteiger partial charge is 0.306 e. The Morgan fingerprint density at radius 3 is 2.47 bits per heavy atom. The van der Waals surface area contributed by atoms with Crippen LogP contribution in [0.2, 0.25) is 0 Å². The molecule has 1 heterocycles. The molecule has 0 radical (unpaired) electrons. The molecule has 0 saturated carbocycles. The third-order valence-corrected chi connectivity index (χ3v) is 5.64. The van der Waals surface area contributed by atoms with E-state index in [2.05, 4.69) is 0 Å². The molecule has 2 atom stereocenters. The molecule has 1 saturated heterocycles. The number of rotatable bonds is 15. The van der Waals surface area contributed by atoms with Gasteiger partial charge in [-0.1, -0.05) is 51.2 Å². The minimum absolute atomic E-state index is 0.0224. The number of carbonyl (C=O) groups is 2. The lowest BCUT2D eigenvalue weighted by atomic mass is 10.0. The Morgan fingerprint density at radius 2 is 1.81 bits per heavy atom. The van der Waals surface area contributed by atoms with Crippen molar-refractivity contribution in [3.05, 3.63) is 12.2 Å². The zero-order chi connectivity index (χ0) is 24.2. The highest BCUT2D eigenvalue weighted by Crippen LogP contribution is 2.28. The van der Waals surface area contributed by atoms with Crippen molar-refractivity contribution in [2.24, 2.45) is 0 Å². The molecular formula is C25H43F2NO4. The summed E-state index contributed by atoms with van der Waals surface area (Å²) in [5.74, 6) is -3.32. The highest BCUT2D eigenvalue weighted by molar-refractivity contribution is 5.79. The predicted molar refractivity (Wildman–Crippen MR) is 123 cm³/mol. The Balaban J connectivity index is 2.37. The van der Waals surface area contributed by atoms with Crippen molar-refractivity contribution < 1.29 is 28.2 Å². The summed E-state index contributed by atoms with van der Waals surface area (Å²) in [7, 11) is 0. The third-order valence-electron chi connectivity index (χ3n) is 5.64. The number of amides is 1. The van der Waals surface area contributed by atoms with Gasteiger partial charge in [-0.3, -0.25) is 9.59 Å². The van der Waals surface area contributed by atoms with E-state index < -0.39 is 17.6 Å². The van der Waals surface area contributed by atoms with Crippen LogP contribution >= 0.6 is 0 Å². The largest absolute Gasteiger partial charge is 0.460 e. The summed E-state index contributed by atoms with van der Waals surface area (Å²) in [6, 6.07) is -0.241. The number of nitrogens with zero attached hydrogens (tertiary/aromatic N) is 1. The molecule has 0 aliphatic carbocycles. The Morgan fingerprint density at radius 1 is 1.16 bits per heavy atom. The van der Waals surface area contributed by atoms with Crippen molar-refractivity contribution in [2.75, 3.05) is 6.54 Å². The fourth-order valence-corrected chi connectivity index (χ4v) is 3.85. The van der Waals surface area contributed by atoms with Crippen LogP contribution in [0.15, 0.2) is 12.2 Å². The van der Waals surface area contributed by atoms with E-state index in [9.17, 15) is 23.5 Å². The normalized spacial score (nSPS) is 18.5. The minimum atomic E-state index is -3.15. The van der Waals surface area contributed by atoms with Crippen LogP contribution in [0.3, 0.4) is 0 Å². The fraction of sp³-hybridized carbons (Fsp3) is 0.840. The second kappa shape index (κ2) is 13.9. The molecule has 1 fully saturated rings. The van der Waals surface area contributed by atoms with Gasteiger partial charge in [0.1, 0.15) is 11.7 Å². The SMILES string of the molecule is CCCCCCC(F)(F)[C@@H](O)/C=C/C1CCC(=O)N1CCCCCCC(=O)OC(C)(C)C. The number of alkyl halides is 2. The monoisotopic (exact) mass is 459 g/mol. The number of hydrogen-bond acceptors (Lipinski definition) is 4. The number of hydrogen-bond donors (Lipinski definition) is 1. The average Bonchev–Trinajstić information content (AvgIpc) is 3.04. The summed E-state index contributed by atoms with van der Waals surface area (Å²) in [6.07, 6.45) is 8.26. The van der Waals surface area contributed by atoms with E-state index in [0.29, 0.717) is 32.2 Å². The molecule has 1 unspecified atom stereocenters. The van der Waals surface area contributed by atoms with E-state index in [-0.39, 0.29) is 24.3 Å². The van der Waals surface area contributed by atoms with Crippen LogP contribution in [0, 0.1) is 0 Å². The minimum Gasteiger partial charge on any atom is -0.460 e. The van der Waals surface area contributed by atoms with Gasteiger partial charge in [0.15, 0.2) is 0 Å². The van der Waals surface area contributed by atoms with E-state index >= 15 is 0 Å². The number of halogens is 2. The zero-order valence-electron chi connectivity index (χ0n) is 20.4. The van der Waals surface area contributed by atoms with Crippen LogP contribution in [-0.4, -0.2) is 52.1 Å². The number of likely N-dealkylation sites (tertiary alicyclic amines) is 1. The number of aliphatic hydroxyl groups excluding tert-OH is 1. The van der Waals surface area contributed by atoms with E-state index in [1.54, 1.807) is 11.0 Å². The summed E-state index contributed by atoms with van der Waals surface area (Å²) >= 11 is 0. The molecule has 7 heteroatoms. The summed E-state index contributed by atoms with van der Waals surface area (Å²) < 4.78 is 33.6. The molecule has 32 heavy (non-hydrogen) atoms. The van der Waals surface area contributed by atoms with Crippen molar-refractivity contribution in [2.45, 2.75) is 128 Å². The molecule has 0 aromatic heterocycles. The highest BCUT2D eigenvalue weighted by Gasteiger charge is 2.36. The molecule has 1 amide bonds. The molecule has 5 nitrogen and oxygen atoms in total. The second-order valence-electron chi connectivity index (χ2n) is 9.85. The quantitative estimate of drug-likeness (QED) is 0.191. The van der Waals surface area contributed by atoms with Gasteiger partial charge < -0.3 is 14.7 Å². The van der Waals surface area contributed by atoms with Crippen molar-refractivity contribution in [1.29, 1.82) is 0 Å². The van der Waals surface area contributed by atoms with Crippen molar-refractivity contribution in [1.82, 2.24) is 4.90 Å². The van der Waals surface area contributed by atoms with Gasteiger partial charge in [0.05, 0.1) is 6.04 Å². The maximum absolute atomic E-state index is 14.1. The standard InChI is InChI=1S/C25H43F2NO4/c1-5-6-7-11-18-25(26,27)21(29)16-14-20-15-17-22(30)28(20)19-12-9-8-10-13-23(31)32-24(2,3)4/h14,16,20-21,29H,5-13,15,17-19H2,1-4H3/b16-14+/t20?,21-/m0/s1. The Hall–Kier alpha value is -1.50. The number of ether oxygens (including phenoxy) is 1. The Bertz CT molecular complexity index is 601. The van der Waals surface area contributed by atoms with Gasteiger partial charge in [0, 0.05) is 25.8 Å². The van der Waals surface area contributed by atoms with E-state index in [1.165, 1.54) is 0 Å². The molecule has 1 rings (SSSR count). The number of esters is 1. The summed E-state index contributed by atoms with van der Waals surface area (Å²) in [4.78, 5) is 25.6. The van der Waals surface area contributed by atoms with Crippen molar-refractivity contribution >= 4 is 11.9 Å². The maximum Gasteiger partial charge on any atom is 0.306 e. The lowest BCUT2D eigenvalue weighted by Gasteiger charge is -2.24. The molecule has 1 aliphatic rings. The second-order valence-corrected chi connectivity index (χ2v) is 9.85. The molecule has 1 N–H and O–H groups in total. The lowest BCUT2D eigenvalue weighted by Crippen LogP contribution is -2.34.